The molecule has 0 spiro atoms. The first-order chi connectivity index (χ1) is 19.3. The smallest absolute Gasteiger partial charge is 0.662 e. The quantitative estimate of drug-likeness (QED) is 0.0727. The fourth-order valence-electron chi connectivity index (χ4n) is 4.18. The molecule has 212 valence electrons. The Kier molecular flexibility index (Phi) is 13.6. The molecule has 10 heteroatoms. The summed E-state index contributed by atoms with van der Waals surface area (Å²) in [4.78, 5) is 15.4. The van der Waals surface area contributed by atoms with Gasteiger partial charge in [0, 0.05) is 22.8 Å². The average Bonchev–Trinajstić information content (AvgIpc) is 3.36. The van der Waals surface area contributed by atoms with E-state index in [0.29, 0.717) is 30.4 Å². The summed E-state index contributed by atoms with van der Waals surface area (Å²) in [5.41, 5.74) is 5.54. The molecule has 0 bridgehead atoms. The van der Waals surface area contributed by atoms with E-state index in [1.54, 1.807) is 38.4 Å². The molecule has 0 aliphatic heterocycles. The number of hydrogen-bond acceptors (Lipinski definition) is 5. The van der Waals surface area contributed by atoms with E-state index in [2.05, 4.69) is 64.9 Å². The molecule has 0 saturated heterocycles. The van der Waals surface area contributed by atoms with Crippen LogP contribution in [0.15, 0.2) is 91.1 Å². The zero-order chi connectivity index (χ0) is 29.1. The summed E-state index contributed by atoms with van der Waals surface area (Å²) in [5, 5.41) is 19.8. The van der Waals surface area contributed by atoms with Crippen LogP contribution in [-0.4, -0.2) is 42.2 Å². The van der Waals surface area contributed by atoms with Gasteiger partial charge in [-0.15, -0.1) is 13.6 Å². The topological polar surface area (TPSA) is 108 Å². The number of rotatable bonds is 14. The van der Waals surface area contributed by atoms with E-state index < -0.39 is 4.92 Å². The third-order valence-corrected chi connectivity index (χ3v) is 6.08. The number of aromatic nitrogens is 2. The molecule has 0 saturated carbocycles. The van der Waals surface area contributed by atoms with Crippen molar-refractivity contribution in [1.29, 1.82) is 0 Å². The molecule has 41 heavy (non-hydrogen) atoms. The van der Waals surface area contributed by atoms with Crippen LogP contribution < -0.4 is 4.74 Å². The molecule has 2 aromatic heterocycles. The van der Waals surface area contributed by atoms with Crippen molar-refractivity contribution < 1.29 is 45.5 Å². The molecule has 0 radical (unpaired) electrons. The van der Waals surface area contributed by atoms with E-state index in [4.69, 9.17) is 9.47 Å². The zero-order valence-electron chi connectivity index (χ0n) is 24.1. The number of ether oxygens (including phenoxy) is 2. The Balaban J connectivity index is 0.00000588. The molecule has 3 rings (SSSR count). The van der Waals surface area contributed by atoms with Crippen LogP contribution in [0, 0.1) is 48.2 Å². The van der Waals surface area contributed by atoms with Crippen molar-refractivity contribution in [2.45, 2.75) is 26.8 Å². The van der Waals surface area contributed by atoms with Gasteiger partial charge in [0.15, 0.2) is 5.69 Å². The van der Waals surface area contributed by atoms with Crippen LogP contribution >= 0.6 is 0 Å². The van der Waals surface area contributed by atoms with E-state index in [0.717, 1.165) is 34.5 Å². The minimum absolute atomic E-state index is 0. The molecule has 0 atom stereocenters. The molecule has 3 aromatic rings. The molecule has 2 heterocycles. The SMILES string of the molecule is C=C(/C=C\C(=C/CC)c1ccc(-c2ccccc2C)n1Cc1ccc(OC)c([N+](=O)[O-])n1)O/C(=C/C[N-]C)[N-]C.[U+2]. The van der Waals surface area contributed by atoms with Gasteiger partial charge in [0.25, 0.3) is 0 Å². The number of benzene rings is 1. The molecular formula is C31H35N5O4U. The minimum atomic E-state index is -0.530. The second-order valence-electron chi connectivity index (χ2n) is 8.82. The van der Waals surface area contributed by atoms with Gasteiger partial charge in [0.05, 0.1) is 13.7 Å². The van der Waals surface area contributed by atoms with Crippen LogP contribution in [0.2, 0.25) is 0 Å². The molecule has 1 aromatic carbocycles. The Morgan fingerprint density at radius 1 is 1.12 bits per heavy atom. The predicted molar refractivity (Wildman–Crippen MR) is 160 cm³/mol. The Labute approximate surface area is 265 Å². The van der Waals surface area contributed by atoms with Crippen molar-refractivity contribution in [2.24, 2.45) is 0 Å². The van der Waals surface area contributed by atoms with E-state index in [-0.39, 0.29) is 42.7 Å². The number of hydrogen-bond donors (Lipinski definition) is 0. The van der Waals surface area contributed by atoms with E-state index in [1.807, 2.05) is 24.3 Å². The standard InChI is InChI=1S/C31H35N5O4.U/c1-7-10-24(14-13-23(3)40-30(33-5)19-20-32-4)27-16-17-28(26-12-9-8-11-22(26)2)35(27)21-25-15-18-29(39-6)31(34-25)36(37)38;/h8-19H,3,7,20-21H2,1-2,4-6H3;/q-2;+2/b14-13-,24-10+,30-19+;. The van der Waals surface area contributed by atoms with Crippen molar-refractivity contribution in [3.05, 3.63) is 129 Å². The normalized spacial score (nSPS) is 11.7. The van der Waals surface area contributed by atoms with Crippen LogP contribution in [0.4, 0.5) is 5.82 Å². The monoisotopic (exact) mass is 779 g/mol. The summed E-state index contributed by atoms with van der Waals surface area (Å²) < 4.78 is 13.0. The van der Waals surface area contributed by atoms with Gasteiger partial charge in [-0.3, -0.25) is 0 Å². The van der Waals surface area contributed by atoms with Gasteiger partial charge in [-0.25, -0.2) is 0 Å². The van der Waals surface area contributed by atoms with Crippen LogP contribution in [-0.2, 0) is 11.3 Å². The Morgan fingerprint density at radius 2 is 1.88 bits per heavy atom. The molecule has 0 N–H and O–H groups in total. The third kappa shape index (κ3) is 8.95. The van der Waals surface area contributed by atoms with Gasteiger partial charge in [0.1, 0.15) is 5.76 Å². The van der Waals surface area contributed by atoms with Gasteiger partial charge in [0.2, 0.25) is 5.75 Å². The first-order valence-corrected chi connectivity index (χ1v) is 12.9. The number of nitrogens with zero attached hydrogens (tertiary/aromatic N) is 5. The van der Waals surface area contributed by atoms with Crippen molar-refractivity contribution in [1.82, 2.24) is 9.55 Å². The summed E-state index contributed by atoms with van der Waals surface area (Å²) in [6, 6.07) is 15.5. The van der Waals surface area contributed by atoms with Gasteiger partial charge in [-0.1, -0.05) is 49.9 Å². The third-order valence-electron chi connectivity index (χ3n) is 6.08. The fraction of sp³-hybridized carbons (Fsp3) is 0.258. The number of likely N-dealkylation sites (N-methyl/N-ethyl adjacent to an activating group) is 1. The molecule has 0 unspecified atom stereocenters. The van der Waals surface area contributed by atoms with E-state index in [1.165, 1.54) is 7.11 Å². The number of allylic oxidation sites excluding steroid dienone is 4. The van der Waals surface area contributed by atoms with Gasteiger partial charge >= 0.3 is 36.9 Å². The first-order valence-electron chi connectivity index (χ1n) is 12.9. The number of methoxy groups -OCH3 is 1. The number of pyridine rings is 1. The summed E-state index contributed by atoms with van der Waals surface area (Å²) >= 11 is 0. The van der Waals surface area contributed by atoms with Crippen molar-refractivity contribution in [2.75, 3.05) is 27.7 Å². The van der Waals surface area contributed by atoms with Crippen LogP contribution in [0.3, 0.4) is 0 Å². The summed E-state index contributed by atoms with van der Waals surface area (Å²) in [6.07, 6.45) is 8.42. The second-order valence-corrected chi connectivity index (χ2v) is 8.82. The second kappa shape index (κ2) is 16.6. The van der Waals surface area contributed by atoms with Crippen molar-refractivity contribution in [3.63, 3.8) is 0 Å². The molecule has 0 aliphatic carbocycles. The number of nitro groups is 1. The van der Waals surface area contributed by atoms with Gasteiger partial charge in [-0.2, -0.15) is 7.05 Å². The summed E-state index contributed by atoms with van der Waals surface area (Å²) in [7, 11) is 4.76. The zero-order valence-corrected chi connectivity index (χ0v) is 28.3. The molecule has 9 nitrogen and oxygen atoms in total. The van der Waals surface area contributed by atoms with Crippen molar-refractivity contribution in [3.8, 4) is 17.0 Å². The van der Waals surface area contributed by atoms with Crippen LogP contribution in [0.25, 0.3) is 27.5 Å². The summed E-state index contributed by atoms with van der Waals surface area (Å²) in [6.45, 7) is 8.94. The van der Waals surface area contributed by atoms with E-state index >= 15 is 0 Å². The largest absolute Gasteiger partial charge is 2.00 e. The molecule has 0 amide bonds. The maximum Gasteiger partial charge on any atom is 2.00 e. The summed E-state index contributed by atoms with van der Waals surface area (Å²) in [5.74, 6) is 0.677. The van der Waals surface area contributed by atoms with Gasteiger partial charge < -0.3 is 34.8 Å². The van der Waals surface area contributed by atoms with Gasteiger partial charge in [-0.05, 0) is 70.8 Å². The maximum absolute atomic E-state index is 11.6. The maximum atomic E-state index is 11.6. The van der Waals surface area contributed by atoms with Crippen molar-refractivity contribution >= 4 is 11.4 Å². The molecular weight excluding hydrogens is 744 g/mol. The molecule has 0 fully saturated rings. The average molecular weight is 780 g/mol. The molecule has 0 aliphatic rings. The predicted octanol–water partition coefficient (Wildman–Crippen LogP) is 7.55. The first kappa shape index (κ1) is 33.6. The fourth-order valence-corrected chi connectivity index (χ4v) is 4.18. The van der Waals surface area contributed by atoms with Crippen LogP contribution in [0.5, 0.6) is 5.75 Å². The minimum Gasteiger partial charge on any atom is -0.662 e. The Morgan fingerprint density at radius 3 is 2.51 bits per heavy atom. The Bertz CT molecular complexity index is 1440. The van der Waals surface area contributed by atoms with Crippen LogP contribution in [0.1, 0.15) is 30.3 Å². The van der Waals surface area contributed by atoms with E-state index in [9.17, 15) is 10.1 Å². The number of aryl methyl sites for hydroxylation is 1. The Hall–Kier alpha value is -3.58.